The molecule has 0 aromatic rings. The predicted molar refractivity (Wildman–Crippen MR) is 61.4 cm³/mol. The first-order chi connectivity index (χ1) is 7.99. The van der Waals surface area contributed by atoms with Crippen LogP contribution in [0.15, 0.2) is 0 Å². The number of carbonyl (C=O) groups is 2. The van der Waals surface area contributed by atoms with Gasteiger partial charge in [0.2, 0.25) is 5.91 Å². The summed E-state index contributed by atoms with van der Waals surface area (Å²) >= 11 is 0. The first kappa shape index (κ1) is 13.9. The molecule has 98 valence electrons. The summed E-state index contributed by atoms with van der Waals surface area (Å²) in [6.07, 6.45) is 1.43. The van der Waals surface area contributed by atoms with Gasteiger partial charge in [0.05, 0.1) is 25.3 Å². The van der Waals surface area contributed by atoms with Crippen molar-refractivity contribution in [2.24, 2.45) is 11.7 Å². The average molecular weight is 244 g/mol. The molecule has 3 N–H and O–H groups in total. The highest BCUT2D eigenvalue weighted by molar-refractivity contribution is 5.82. The van der Waals surface area contributed by atoms with Gasteiger partial charge in [0.25, 0.3) is 0 Å². The molecule has 1 saturated heterocycles. The summed E-state index contributed by atoms with van der Waals surface area (Å²) in [5.41, 5.74) is 5.74. The number of rotatable bonds is 5. The van der Waals surface area contributed by atoms with Crippen LogP contribution in [-0.4, -0.2) is 54.2 Å². The van der Waals surface area contributed by atoms with Crippen LogP contribution < -0.4 is 5.73 Å². The van der Waals surface area contributed by atoms with E-state index >= 15 is 0 Å². The van der Waals surface area contributed by atoms with Crippen molar-refractivity contribution in [3.63, 3.8) is 0 Å². The minimum atomic E-state index is -0.934. The fourth-order valence-corrected chi connectivity index (χ4v) is 2.02. The maximum Gasteiger partial charge on any atom is 0.311 e. The molecule has 17 heavy (non-hydrogen) atoms. The van der Waals surface area contributed by atoms with Crippen molar-refractivity contribution in [2.75, 3.05) is 20.3 Å². The second-order valence-electron chi connectivity index (χ2n) is 4.39. The van der Waals surface area contributed by atoms with Gasteiger partial charge in [-0.2, -0.15) is 0 Å². The molecule has 1 aliphatic heterocycles. The van der Waals surface area contributed by atoms with Crippen LogP contribution >= 0.6 is 0 Å². The summed E-state index contributed by atoms with van der Waals surface area (Å²) in [6.45, 7) is 2.37. The average Bonchev–Trinajstić information content (AvgIpc) is 2.76. The smallest absolute Gasteiger partial charge is 0.311 e. The molecule has 1 fully saturated rings. The molecule has 0 radical (unpaired) electrons. The monoisotopic (exact) mass is 244 g/mol. The van der Waals surface area contributed by atoms with Crippen molar-refractivity contribution in [2.45, 2.75) is 31.8 Å². The molecule has 0 saturated carbocycles. The Kier molecular flexibility index (Phi) is 4.89. The Morgan fingerprint density at radius 2 is 2.18 bits per heavy atom. The molecule has 3 unspecified atom stereocenters. The maximum absolute atomic E-state index is 11.9. The Bertz CT molecular complexity index is 295. The standard InChI is InChI=1S/C11H20N2O4/c1-3-4-8(12)10(14)13(2)9-6-17-5-7(9)11(15)16/h7-9H,3-6,12H2,1-2H3,(H,15,16). The lowest BCUT2D eigenvalue weighted by molar-refractivity contribution is -0.144. The summed E-state index contributed by atoms with van der Waals surface area (Å²) < 4.78 is 5.13. The normalized spacial score (nSPS) is 25.6. The van der Waals surface area contributed by atoms with Crippen LogP contribution in [0.4, 0.5) is 0 Å². The Morgan fingerprint density at radius 3 is 2.71 bits per heavy atom. The quantitative estimate of drug-likeness (QED) is 0.691. The zero-order valence-electron chi connectivity index (χ0n) is 10.3. The minimum Gasteiger partial charge on any atom is -0.481 e. The summed E-state index contributed by atoms with van der Waals surface area (Å²) in [7, 11) is 1.59. The first-order valence-corrected chi connectivity index (χ1v) is 5.81. The highest BCUT2D eigenvalue weighted by Gasteiger charge is 2.39. The lowest BCUT2D eigenvalue weighted by Crippen LogP contribution is -2.50. The van der Waals surface area contributed by atoms with Gasteiger partial charge in [-0.3, -0.25) is 9.59 Å². The van der Waals surface area contributed by atoms with Crippen LogP contribution in [-0.2, 0) is 14.3 Å². The van der Waals surface area contributed by atoms with E-state index in [0.29, 0.717) is 6.42 Å². The summed E-state index contributed by atoms with van der Waals surface area (Å²) in [5.74, 6) is -1.80. The number of likely N-dealkylation sites (N-methyl/N-ethyl adjacent to an activating group) is 1. The SMILES string of the molecule is CCCC(N)C(=O)N(C)C1COCC1C(=O)O. The van der Waals surface area contributed by atoms with Gasteiger partial charge in [-0.1, -0.05) is 13.3 Å². The van der Waals surface area contributed by atoms with Crippen LogP contribution in [0, 0.1) is 5.92 Å². The molecule has 1 heterocycles. The van der Waals surface area contributed by atoms with Crippen LogP contribution in [0.25, 0.3) is 0 Å². The number of hydrogen-bond acceptors (Lipinski definition) is 4. The fourth-order valence-electron chi connectivity index (χ4n) is 2.02. The van der Waals surface area contributed by atoms with Crippen LogP contribution in [0.3, 0.4) is 0 Å². The Morgan fingerprint density at radius 1 is 1.53 bits per heavy atom. The third kappa shape index (κ3) is 3.17. The second-order valence-corrected chi connectivity index (χ2v) is 4.39. The molecule has 0 bridgehead atoms. The first-order valence-electron chi connectivity index (χ1n) is 5.81. The molecular formula is C11H20N2O4. The lowest BCUT2D eigenvalue weighted by atomic mass is 10.0. The van der Waals surface area contributed by atoms with Gasteiger partial charge < -0.3 is 20.5 Å². The van der Waals surface area contributed by atoms with Gasteiger partial charge in [0.15, 0.2) is 0 Å². The van der Waals surface area contributed by atoms with Crippen molar-refractivity contribution in [1.82, 2.24) is 4.90 Å². The molecule has 6 nitrogen and oxygen atoms in total. The van der Waals surface area contributed by atoms with E-state index in [4.69, 9.17) is 15.6 Å². The van der Waals surface area contributed by atoms with Crippen LogP contribution in [0.2, 0.25) is 0 Å². The Balaban J connectivity index is 2.65. The number of amides is 1. The number of nitrogens with two attached hydrogens (primary N) is 1. The molecule has 0 aromatic carbocycles. The van der Waals surface area contributed by atoms with Gasteiger partial charge in [-0.05, 0) is 6.42 Å². The van der Waals surface area contributed by atoms with E-state index in [-0.39, 0.29) is 19.1 Å². The number of aliphatic carboxylic acids is 1. The van der Waals surface area contributed by atoms with Crippen molar-refractivity contribution >= 4 is 11.9 Å². The van der Waals surface area contributed by atoms with Crippen molar-refractivity contribution in [3.8, 4) is 0 Å². The third-order valence-electron chi connectivity index (χ3n) is 3.13. The summed E-state index contributed by atoms with van der Waals surface area (Å²) in [5, 5.41) is 9.01. The van der Waals surface area contributed by atoms with E-state index in [1.54, 1.807) is 7.05 Å². The fraction of sp³-hybridized carbons (Fsp3) is 0.818. The van der Waals surface area contributed by atoms with Crippen LogP contribution in [0.1, 0.15) is 19.8 Å². The zero-order chi connectivity index (χ0) is 13.0. The molecule has 1 rings (SSSR count). The number of hydrogen-bond donors (Lipinski definition) is 2. The van der Waals surface area contributed by atoms with Crippen molar-refractivity contribution < 1.29 is 19.4 Å². The summed E-state index contributed by atoms with van der Waals surface area (Å²) in [4.78, 5) is 24.3. The largest absolute Gasteiger partial charge is 0.481 e. The van der Waals surface area contributed by atoms with E-state index in [1.807, 2.05) is 6.92 Å². The van der Waals surface area contributed by atoms with E-state index in [0.717, 1.165) is 6.42 Å². The van der Waals surface area contributed by atoms with Crippen molar-refractivity contribution in [3.05, 3.63) is 0 Å². The molecule has 0 aliphatic carbocycles. The number of carboxylic acids is 1. The van der Waals surface area contributed by atoms with Crippen molar-refractivity contribution in [1.29, 1.82) is 0 Å². The molecule has 1 amide bonds. The third-order valence-corrected chi connectivity index (χ3v) is 3.13. The highest BCUT2D eigenvalue weighted by Crippen LogP contribution is 2.19. The van der Waals surface area contributed by atoms with Gasteiger partial charge in [-0.25, -0.2) is 0 Å². The number of carboxylic acid groups (broad SMARTS) is 1. The zero-order valence-corrected chi connectivity index (χ0v) is 10.3. The number of ether oxygens (including phenoxy) is 1. The maximum atomic E-state index is 11.9. The van der Waals surface area contributed by atoms with Gasteiger partial charge in [-0.15, -0.1) is 0 Å². The summed E-state index contributed by atoms with van der Waals surface area (Å²) in [6, 6.07) is -0.969. The molecule has 6 heteroatoms. The predicted octanol–water partition coefficient (Wildman–Crippen LogP) is -0.328. The minimum absolute atomic E-state index is 0.153. The topological polar surface area (TPSA) is 92.9 Å². The Labute approximate surface area is 101 Å². The van der Waals surface area contributed by atoms with Gasteiger partial charge in [0, 0.05) is 7.05 Å². The molecule has 3 atom stereocenters. The van der Waals surface area contributed by atoms with Gasteiger partial charge in [0.1, 0.15) is 5.92 Å². The van der Waals surface area contributed by atoms with E-state index in [9.17, 15) is 9.59 Å². The number of nitrogens with zero attached hydrogens (tertiary/aromatic N) is 1. The Hall–Kier alpha value is -1.14. The van der Waals surface area contributed by atoms with Crippen LogP contribution in [0.5, 0.6) is 0 Å². The number of carbonyl (C=O) groups excluding carboxylic acids is 1. The molecule has 0 spiro atoms. The van der Waals surface area contributed by atoms with E-state index < -0.39 is 24.0 Å². The highest BCUT2D eigenvalue weighted by atomic mass is 16.5. The second kappa shape index (κ2) is 5.97. The molecular weight excluding hydrogens is 224 g/mol. The van der Waals surface area contributed by atoms with Gasteiger partial charge >= 0.3 is 5.97 Å². The van der Waals surface area contributed by atoms with E-state index in [1.165, 1.54) is 4.90 Å². The molecule has 0 aromatic heterocycles. The molecule has 1 aliphatic rings. The lowest BCUT2D eigenvalue weighted by Gasteiger charge is -2.28. The van der Waals surface area contributed by atoms with E-state index in [2.05, 4.69) is 0 Å².